The minimum atomic E-state index is -0.906. The summed E-state index contributed by atoms with van der Waals surface area (Å²) >= 11 is 0. The van der Waals surface area contributed by atoms with Crippen LogP contribution >= 0.6 is 0 Å². The topological polar surface area (TPSA) is 26.3 Å². The Morgan fingerprint density at radius 3 is 2.53 bits per heavy atom. The lowest BCUT2D eigenvalue weighted by molar-refractivity contribution is -0.143. The molecule has 0 N–H and O–H groups in total. The van der Waals surface area contributed by atoms with Gasteiger partial charge in [0.25, 0.3) is 0 Å². The molecule has 0 spiro atoms. The molecule has 0 aliphatic heterocycles. The summed E-state index contributed by atoms with van der Waals surface area (Å²) in [6, 6.07) is 3.64. The summed E-state index contributed by atoms with van der Waals surface area (Å²) in [5.41, 5.74) is 0.577. The van der Waals surface area contributed by atoms with E-state index in [9.17, 15) is 13.6 Å². The molecule has 17 heavy (non-hydrogen) atoms. The molecule has 1 aromatic carbocycles. The quantitative estimate of drug-likeness (QED) is 0.596. The third-order valence-corrected chi connectivity index (χ3v) is 2.64. The zero-order valence-electron chi connectivity index (χ0n) is 9.74. The Kier molecular flexibility index (Phi) is 4.37. The van der Waals surface area contributed by atoms with E-state index in [1.807, 2.05) is 0 Å². The van der Waals surface area contributed by atoms with Gasteiger partial charge in [-0.15, -0.1) is 0 Å². The van der Waals surface area contributed by atoms with Crippen LogP contribution in [-0.4, -0.2) is 12.1 Å². The fourth-order valence-corrected chi connectivity index (χ4v) is 1.40. The van der Waals surface area contributed by atoms with Crippen LogP contribution < -0.4 is 0 Å². The van der Waals surface area contributed by atoms with Gasteiger partial charge in [0.2, 0.25) is 0 Å². The predicted octanol–water partition coefficient (Wildman–Crippen LogP) is 3.19. The molecule has 0 aromatic heterocycles. The van der Waals surface area contributed by atoms with E-state index in [1.54, 1.807) is 13.8 Å². The maximum atomic E-state index is 13.0. The van der Waals surface area contributed by atoms with Gasteiger partial charge >= 0.3 is 5.97 Å². The summed E-state index contributed by atoms with van der Waals surface area (Å²) in [6.45, 7) is 6.75. The first-order valence-corrected chi connectivity index (χ1v) is 5.23. The summed E-state index contributed by atoms with van der Waals surface area (Å²) in [4.78, 5) is 11.0. The largest absolute Gasteiger partial charge is 0.459 e. The summed E-state index contributed by atoms with van der Waals surface area (Å²) in [7, 11) is 0. The molecule has 1 aromatic rings. The van der Waals surface area contributed by atoms with Crippen molar-refractivity contribution in [3.8, 4) is 0 Å². The molecule has 0 radical (unpaired) electrons. The molecule has 2 atom stereocenters. The standard InChI is InChI=1S/C13H14F2O2/c1-4-13(16)17-9(3)8(2)10-5-6-11(14)12(15)7-10/h4-9H,1H2,2-3H3. The number of ether oxygens (including phenoxy) is 1. The Balaban J connectivity index is 2.81. The second-order valence-corrected chi connectivity index (χ2v) is 3.81. The van der Waals surface area contributed by atoms with Gasteiger partial charge in [0.05, 0.1) is 0 Å². The lowest BCUT2D eigenvalue weighted by Crippen LogP contribution is -2.19. The van der Waals surface area contributed by atoms with E-state index in [2.05, 4.69) is 6.58 Å². The van der Waals surface area contributed by atoms with E-state index >= 15 is 0 Å². The molecule has 0 heterocycles. The fraction of sp³-hybridized carbons (Fsp3) is 0.308. The van der Waals surface area contributed by atoms with E-state index in [0.29, 0.717) is 5.56 Å². The number of esters is 1. The molecule has 0 aliphatic rings. The van der Waals surface area contributed by atoms with Crippen LogP contribution in [0.25, 0.3) is 0 Å². The monoisotopic (exact) mass is 240 g/mol. The molecule has 0 bridgehead atoms. The van der Waals surface area contributed by atoms with Gasteiger partial charge in [-0.2, -0.15) is 0 Å². The van der Waals surface area contributed by atoms with Crippen molar-refractivity contribution in [2.24, 2.45) is 0 Å². The van der Waals surface area contributed by atoms with Crippen molar-refractivity contribution in [3.63, 3.8) is 0 Å². The fourth-order valence-electron chi connectivity index (χ4n) is 1.40. The second-order valence-electron chi connectivity index (χ2n) is 3.81. The predicted molar refractivity (Wildman–Crippen MR) is 60.5 cm³/mol. The van der Waals surface area contributed by atoms with Gasteiger partial charge in [-0.1, -0.05) is 19.6 Å². The van der Waals surface area contributed by atoms with Crippen molar-refractivity contribution >= 4 is 5.97 Å². The number of benzene rings is 1. The maximum Gasteiger partial charge on any atom is 0.330 e. The van der Waals surface area contributed by atoms with Gasteiger partial charge in [0.1, 0.15) is 6.10 Å². The first-order valence-electron chi connectivity index (χ1n) is 5.23. The van der Waals surface area contributed by atoms with Crippen molar-refractivity contribution in [2.75, 3.05) is 0 Å². The molecule has 92 valence electrons. The lowest BCUT2D eigenvalue weighted by Gasteiger charge is -2.20. The highest BCUT2D eigenvalue weighted by atomic mass is 19.2. The first-order chi connectivity index (χ1) is 7.95. The van der Waals surface area contributed by atoms with E-state index < -0.39 is 23.7 Å². The Morgan fingerprint density at radius 2 is 2.00 bits per heavy atom. The van der Waals surface area contributed by atoms with Crippen LogP contribution in [0.4, 0.5) is 8.78 Å². The van der Waals surface area contributed by atoms with Crippen LogP contribution in [0.5, 0.6) is 0 Å². The normalized spacial score (nSPS) is 13.9. The molecule has 1 rings (SSSR count). The molecule has 2 unspecified atom stereocenters. The highest BCUT2D eigenvalue weighted by Crippen LogP contribution is 2.23. The number of hydrogen-bond acceptors (Lipinski definition) is 2. The maximum absolute atomic E-state index is 13.0. The van der Waals surface area contributed by atoms with E-state index in [4.69, 9.17) is 4.74 Å². The number of halogens is 2. The first kappa shape index (κ1) is 13.4. The number of rotatable bonds is 4. The Bertz CT molecular complexity index is 429. The van der Waals surface area contributed by atoms with Gasteiger partial charge in [-0.25, -0.2) is 13.6 Å². The highest BCUT2D eigenvalue weighted by Gasteiger charge is 2.18. The average molecular weight is 240 g/mol. The molecule has 0 amide bonds. The van der Waals surface area contributed by atoms with Crippen LogP contribution in [0.2, 0.25) is 0 Å². The van der Waals surface area contributed by atoms with Crippen LogP contribution in [0, 0.1) is 11.6 Å². The SMILES string of the molecule is C=CC(=O)OC(C)C(C)c1ccc(F)c(F)c1. The van der Waals surface area contributed by atoms with Gasteiger partial charge in [-0.3, -0.25) is 0 Å². The molecule has 0 saturated carbocycles. The molecule has 2 nitrogen and oxygen atoms in total. The Morgan fingerprint density at radius 1 is 1.35 bits per heavy atom. The van der Waals surface area contributed by atoms with Gasteiger partial charge in [0.15, 0.2) is 11.6 Å². The highest BCUT2D eigenvalue weighted by molar-refractivity contribution is 5.81. The number of carbonyl (C=O) groups excluding carboxylic acids is 1. The summed E-state index contributed by atoms with van der Waals surface area (Å²) in [6.07, 6.45) is 0.624. The number of carbonyl (C=O) groups is 1. The molecule has 0 saturated heterocycles. The molecular weight excluding hydrogens is 226 g/mol. The van der Waals surface area contributed by atoms with Crippen molar-refractivity contribution in [2.45, 2.75) is 25.9 Å². The van der Waals surface area contributed by atoms with E-state index in [0.717, 1.165) is 18.2 Å². The smallest absolute Gasteiger partial charge is 0.330 e. The van der Waals surface area contributed by atoms with E-state index in [-0.39, 0.29) is 5.92 Å². The van der Waals surface area contributed by atoms with Crippen LogP contribution in [0.15, 0.2) is 30.9 Å². The Hall–Kier alpha value is -1.71. The van der Waals surface area contributed by atoms with Gasteiger partial charge < -0.3 is 4.74 Å². The zero-order chi connectivity index (χ0) is 13.0. The third-order valence-electron chi connectivity index (χ3n) is 2.64. The molecule has 0 fully saturated rings. The summed E-state index contributed by atoms with van der Waals surface area (Å²) in [5, 5.41) is 0. The lowest BCUT2D eigenvalue weighted by atomic mass is 9.96. The molecular formula is C13H14F2O2. The number of hydrogen-bond donors (Lipinski definition) is 0. The average Bonchev–Trinajstić information content (AvgIpc) is 2.31. The van der Waals surface area contributed by atoms with Crippen molar-refractivity contribution in [3.05, 3.63) is 48.1 Å². The third kappa shape index (κ3) is 3.37. The van der Waals surface area contributed by atoms with Crippen molar-refractivity contribution in [1.82, 2.24) is 0 Å². The van der Waals surface area contributed by atoms with E-state index in [1.165, 1.54) is 6.07 Å². The molecule has 0 aliphatic carbocycles. The van der Waals surface area contributed by atoms with Crippen LogP contribution in [0.1, 0.15) is 25.3 Å². The Labute approximate surface area is 98.9 Å². The minimum absolute atomic E-state index is 0.228. The van der Waals surface area contributed by atoms with Crippen molar-refractivity contribution in [1.29, 1.82) is 0 Å². The van der Waals surface area contributed by atoms with Crippen LogP contribution in [0.3, 0.4) is 0 Å². The van der Waals surface area contributed by atoms with Crippen LogP contribution in [-0.2, 0) is 9.53 Å². The zero-order valence-corrected chi connectivity index (χ0v) is 9.74. The minimum Gasteiger partial charge on any atom is -0.459 e. The summed E-state index contributed by atoms with van der Waals surface area (Å²) < 4.78 is 30.8. The molecule has 4 heteroatoms. The summed E-state index contributed by atoms with van der Waals surface area (Å²) in [5.74, 6) is -2.56. The van der Waals surface area contributed by atoms with Gasteiger partial charge in [0, 0.05) is 12.0 Å². The van der Waals surface area contributed by atoms with Crippen molar-refractivity contribution < 1.29 is 18.3 Å². The van der Waals surface area contributed by atoms with Gasteiger partial charge in [-0.05, 0) is 24.6 Å². The second kappa shape index (κ2) is 5.57.